The van der Waals surface area contributed by atoms with E-state index in [2.05, 4.69) is 30.7 Å². The molecule has 2 saturated heterocycles. The van der Waals surface area contributed by atoms with Crippen molar-refractivity contribution in [1.82, 2.24) is 4.98 Å². The Balaban J connectivity index is 1.77. The topological polar surface area (TPSA) is 34.6 Å². The lowest BCUT2D eigenvalue weighted by atomic mass is 9.90. The molecule has 0 saturated carbocycles. The maximum atomic E-state index is 6.26. The highest BCUT2D eigenvalue weighted by Crippen LogP contribution is 2.40. The number of pyridine rings is 1. The third-order valence-corrected chi connectivity index (χ3v) is 4.77. The van der Waals surface area contributed by atoms with E-state index in [9.17, 15) is 0 Å². The van der Waals surface area contributed by atoms with Crippen LogP contribution in [0.25, 0.3) is 0 Å². The van der Waals surface area contributed by atoms with E-state index in [1.165, 1.54) is 0 Å². The molecule has 1 spiro atoms. The smallest absolute Gasteiger partial charge is 0.174 e. The van der Waals surface area contributed by atoms with Crippen molar-refractivity contribution in [3.8, 4) is 0 Å². The van der Waals surface area contributed by atoms with Crippen molar-refractivity contribution < 1.29 is 9.47 Å². The van der Waals surface area contributed by atoms with E-state index in [0.29, 0.717) is 5.02 Å². The van der Waals surface area contributed by atoms with E-state index >= 15 is 0 Å². The first kappa shape index (κ1) is 15.1. The first-order chi connectivity index (χ1) is 10.00. The molecule has 21 heavy (non-hydrogen) atoms. The number of hydrogen-bond donors (Lipinski definition) is 0. The summed E-state index contributed by atoms with van der Waals surface area (Å²) in [7, 11) is 0. The van der Waals surface area contributed by atoms with Gasteiger partial charge in [-0.05, 0) is 32.4 Å². The maximum Gasteiger partial charge on any atom is 0.174 e. The van der Waals surface area contributed by atoms with Crippen molar-refractivity contribution in [3.05, 3.63) is 23.4 Å². The normalized spacial score (nSPS) is 37.0. The fourth-order valence-electron chi connectivity index (χ4n) is 3.52. The minimum Gasteiger partial charge on any atom is -0.355 e. The van der Waals surface area contributed by atoms with Crippen LogP contribution in [0, 0.1) is 5.92 Å². The van der Waals surface area contributed by atoms with Crippen molar-refractivity contribution in [3.63, 3.8) is 0 Å². The molecule has 2 aliphatic rings. The van der Waals surface area contributed by atoms with E-state index in [-0.39, 0.29) is 18.1 Å². The average Bonchev–Trinajstić information content (AvgIpc) is 2.42. The Morgan fingerprint density at radius 3 is 2.62 bits per heavy atom. The van der Waals surface area contributed by atoms with Crippen LogP contribution in [0.1, 0.15) is 33.6 Å². The van der Waals surface area contributed by atoms with Gasteiger partial charge < -0.3 is 14.4 Å². The highest BCUT2D eigenvalue weighted by atomic mass is 35.5. The van der Waals surface area contributed by atoms with Gasteiger partial charge in [-0.1, -0.05) is 18.5 Å². The van der Waals surface area contributed by atoms with Gasteiger partial charge in [0.1, 0.15) is 5.82 Å². The van der Waals surface area contributed by atoms with E-state index < -0.39 is 5.79 Å². The van der Waals surface area contributed by atoms with Crippen molar-refractivity contribution in [2.45, 2.75) is 51.6 Å². The van der Waals surface area contributed by atoms with Crippen LogP contribution in [0.5, 0.6) is 0 Å². The van der Waals surface area contributed by atoms with Gasteiger partial charge in [0.25, 0.3) is 0 Å². The van der Waals surface area contributed by atoms with Crippen molar-refractivity contribution in [2.75, 3.05) is 18.0 Å². The number of nitrogens with zero attached hydrogens (tertiary/aromatic N) is 2. The summed E-state index contributed by atoms with van der Waals surface area (Å²) in [6.45, 7) is 8.15. The van der Waals surface area contributed by atoms with Crippen LogP contribution in [0.15, 0.2) is 18.3 Å². The molecule has 5 heteroatoms. The van der Waals surface area contributed by atoms with Crippen LogP contribution in [0.4, 0.5) is 5.82 Å². The number of halogens is 1. The van der Waals surface area contributed by atoms with E-state index in [1.54, 1.807) is 6.20 Å². The predicted molar refractivity (Wildman–Crippen MR) is 83.7 cm³/mol. The molecule has 3 rings (SSSR count). The highest BCUT2D eigenvalue weighted by Gasteiger charge is 2.47. The van der Waals surface area contributed by atoms with Crippen LogP contribution in [-0.4, -0.2) is 36.1 Å². The molecule has 1 aromatic heterocycles. The summed E-state index contributed by atoms with van der Waals surface area (Å²) in [5.74, 6) is 0.682. The third kappa shape index (κ3) is 2.89. The van der Waals surface area contributed by atoms with Gasteiger partial charge in [0, 0.05) is 31.6 Å². The first-order valence-electron chi connectivity index (χ1n) is 7.71. The molecule has 4 nitrogen and oxygen atoms in total. The summed E-state index contributed by atoms with van der Waals surface area (Å²) in [4.78, 5) is 6.64. The monoisotopic (exact) mass is 310 g/mol. The average molecular weight is 311 g/mol. The molecule has 2 fully saturated rings. The van der Waals surface area contributed by atoms with Gasteiger partial charge in [-0.2, -0.15) is 0 Å². The van der Waals surface area contributed by atoms with Gasteiger partial charge in [0.05, 0.1) is 17.2 Å². The fraction of sp³-hybridized carbons (Fsp3) is 0.688. The van der Waals surface area contributed by atoms with E-state index in [4.69, 9.17) is 21.1 Å². The zero-order chi connectivity index (χ0) is 15.0. The summed E-state index contributed by atoms with van der Waals surface area (Å²) in [5, 5.41) is 0.702. The first-order valence-corrected chi connectivity index (χ1v) is 8.09. The highest BCUT2D eigenvalue weighted by molar-refractivity contribution is 6.32. The van der Waals surface area contributed by atoms with Gasteiger partial charge in [-0.3, -0.25) is 0 Å². The van der Waals surface area contributed by atoms with Crippen LogP contribution in [0.3, 0.4) is 0 Å². The summed E-state index contributed by atoms with van der Waals surface area (Å²) in [5.41, 5.74) is 0. The Labute approximate surface area is 131 Å². The van der Waals surface area contributed by atoms with Crippen LogP contribution >= 0.6 is 11.6 Å². The quantitative estimate of drug-likeness (QED) is 0.795. The Morgan fingerprint density at radius 2 is 2.00 bits per heavy atom. The number of piperidine rings is 1. The zero-order valence-electron chi connectivity index (χ0n) is 12.9. The molecule has 0 aliphatic carbocycles. The molecule has 0 N–H and O–H groups in total. The van der Waals surface area contributed by atoms with Crippen molar-refractivity contribution >= 4 is 17.4 Å². The fourth-order valence-corrected chi connectivity index (χ4v) is 3.76. The number of hydrogen-bond acceptors (Lipinski definition) is 4. The van der Waals surface area contributed by atoms with Crippen LogP contribution in [-0.2, 0) is 9.47 Å². The largest absolute Gasteiger partial charge is 0.355 e. The molecule has 3 atom stereocenters. The van der Waals surface area contributed by atoms with Crippen molar-refractivity contribution in [1.29, 1.82) is 0 Å². The lowest BCUT2D eigenvalue weighted by Crippen LogP contribution is -2.58. The molecule has 0 radical (unpaired) electrons. The number of anilines is 1. The molecule has 0 aromatic carbocycles. The summed E-state index contributed by atoms with van der Waals surface area (Å²) < 4.78 is 12.4. The summed E-state index contributed by atoms with van der Waals surface area (Å²) >= 11 is 6.26. The van der Waals surface area contributed by atoms with Gasteiger partial charge in [0.2, 0.25) is 0 Å². The third-order valence-electron chi connectivity index (χ3n) is 4.48. The standard InChI is InChI=1S/C16H23ClN2O2/c1-11-10-19(15-14(17)5-4-7-18-15)8-6-16(11)20-12(2)9-13(3)21-16/h4-5,7,11-13H,6,8-10H2,1-3H3/t11-,12-,13-/m1/s1. The molecule has 3 heterocycles. The zero-order valence-corrected chi connectivity index (χ0v) is 13.6. The predicted octanol–water partition coefficient (Wildman–Crippen LogP) is 3.49. The summed E-state index contributed by atoms with van der Waals surface area (Å²) in [6.07, 6.45) is 4.09. The summed E-state index contributed by atoms with van der Waals surface area (Å²) in [6, 6.07) is 3.74. The SMILES string of the molecule is C[C@@H]1C[C@@H](C)OC2(CCN(c3ncccc3Cl)C[C@H]2C)O1. The second-order valence-corrected chi connectivity index (χ2v) is 6.72. The Bertz CT molecular complexity index is 501. The molecule has 116 valence electrons. The van der Waals surface area contributed by atoms with Gasteiger partial charge in [-0.25, -0.2) is 4.98 Å². The second-order valence-electron chi connectivity index (χ2n) is 6.31. The lowest BCUT2D eigenvalue weighted by Gasteiger charge is -2.51. The van der Waals surface area contributed by atoms with E-state index in [0.717, 1.165) is 31.7 Å². The maximum absolute atomic E-state index is 6.26. The number of ether oxygens (including phenoxy) is 2. The minimum absolute atomic E-state index is 0.251. The van der Waals surface area contributed by atoms with Gasteiger partial charge in [-0.15, -0.1) is 0 Å². The Morgan fingerprint density at radius 1 is 1.29 bits per heavy atom. The lowest BCUT2D eigenvalue weighted by molar-refractivity contribution is -0.337. The number of rotatable bonds is 1. The van der Waals surface area contributed by atoms with Gasteiger partial charge in [0.15, 0.2) is 5.79 Å². The van der Waals surface area contributed by atoms with Crippen LogP contribution in [0.2, 0.25) is 5.02 Å². The van der Waals surface area contributed by atoms with Gasteiger partial charge >= 0.3 is 0 Å². The Kier molecular flexibility index (Phi) is 4.12. The molecule has 0 bridgehead atoms. The molecule has 0 unspecified atom stereocenters. The van der Waals surface area contributed by atoms with Crippen LogP contribution < -0.4 is 4.90 Å². The van der Waals surface area contributed by atoms with E-state index in [1.807, 2.05) is 12.1 Å². The molecule has 1 aromatic rings. The molecular weight excluding hydrogens is 288 g/mol. The second kappa shape index (κ2) is 5.75. The molecule has 0 amide bonds. The van der Waals surface area contributed by atoms with Crippen molar-refractivity contribution in [2.24, 2.45) is 5.92 Å². The number of aromatic nitrogens is 1. The Hall–Kier alpha value is -0.840. The molecule has 2 aliphatic heterocycles. The minimum atomic E-state index is -0.450. The molecular formula is C16H23ClN2O2.